The van der Waals surface area contributed by atoms with E-state index in [1.54, 1.807) is 6.20 Å². The molecule has 7 nitrogen and oxygen atoms in total. The molecule has 0 atom stereocenters. The molecule has 2 heterocycles. The number of anilines is 2. The van der Waals surface area contributed by atoms with Gasteiger partial charge in [0.1, 0.15) is 22.9 Å². The zero-order chi connectivity index (χ0) is 20.2. The molecule has 0 aliphatic carbocycles. The second-order valence-corrected chi connectivity index (χ2v) is 6.99. The molecular formula is C20H15FN6OS. The van der Waals surface area contributed by atoms with Crippen molar-refractivity contribution in [2.75, 3.05) is 11.2 Å². The number of rotatable bonds is 5. The molecule has 0 aliphatic rings. The topological polar surface area (TPSA) is 106 Å². The summed E-state index contributed by atoms with van der Waals surface area (Å²) in [5.74, 6) is -0.610. The molecular weight excluding hydrogens is 391 g/mol. The maximum atomic E-state index is 13.0. The molecule has 0 bridgehead atoms. The molecule has 0 spiro atoms. The Hall–Kier alpha value is -3.72. The highest BCUT2D eigenvalue weighted by Gasteiger charge is 2.13. The van der Waals surface area contributed by atoms with E-state index in [-0.39, 0.29) is 11.5 Å². The first-order valence-electron chi connectivity index (χ1n) is 8.56. The first-order valence-corrected chi connectivity index (χ1v) is 9.37. The van der Waals surface area contributed by atoms with E-state index >= 15 is 0 Å². The molecule has 4 rings (SSSR count). The van der Waals surface area contributed by atoms with E-state index in [9.17, 15) is 9.18 Å². The molecule has 0 fully saturated rings. The van der Waals surface area contributed by atoms with Crippen molar-refractivity contribution in [1.29, 1.82) is 0 Å². The Bertz CT molecular complexity index is 1180. The van der Waals surface area contributed by atoms with Crippen LogP contribution in [0.2, 0.25) is 0 Å². The molecule has 4 N–H and O–H groups in total. The number of fused-ring (bicyclic) bond motifs is 1. The molecule has 0 radical (unpaired) electrons. The van der Waals surface area contributed by atoms with Crippen molar-refractivity contribution >= 4 is 40.1 Å². The number of para-hydroxylation sites is 1. The van der Waals surface area contributed by atoms with Gasteiger partial charge in [-0.25, -0.2) is 14.4 Å². The number of carbonyl (C=O) groups is 1. The Balaban J connectivity index is 1.53. The normalized spacial score (nSPS) is 10.7. The number of carbonyl (C=O) groups excluding carboxylic acids is 1. The molecule has 4 aromatic rings. The fourth-order valence-electron chi connectivity index (χ4n) is 2.61. The van der Waals surface area contributed by atoms with Gasteiger partial charge in [-0.15, -0.1) is 0 Å². The Morgan fingerprint density at radius 1 is 1.00 bits per heavy atom. The lowest BCUT2D eigenvalue weighted by atomic mass is 10.2. The largest absolute Gasteiger partial charge is 0.393 e. The molecule has 0 aliphatic heterocycles. The summed E-state index contributed by atoms with van der Waals surface area (Å²) in [6.07, 6.45) is 3.08. The SMILES string of the molecule is Nc1c(NNC(=O)c2ccc(F)cc2)ncnc1Sc1cccc2cccnc12. The minimum absolute atomic E-state index is 0.256. The monoisotopic (exact) mass is 406 g/mol. The van der Waals surface area contributed by atoms with E-state index in [1.165, 1.54) is 42.4 Å². The summed E-state index contributed by atoms with van der Waals surface area (Å²) in [7, 11) is 0. The molecule has 9 heteroatoms. The summed E-state index contributed by atoms with van der Waals surface area (Å²) in [4.78, 5) is 25.8. The van der Waals surface area contributed by atoms with E-state index in [4.69, 9.17) is 5.73 Å². The maximum Gasteiger partial charge on any atom is 0.269 e. The number of nitrogen functional groups attached to an aromatic ring is 1. The molecule has 2 aromatic heterocycles. The Morgan fingerprint density at radius 3 is 2.62 bits per heavy atom. The standard InChI is InChI=1S/C20H15FN6OS/c21-14-8-6-13(7-9-14)19(28)27-26-18-16(22)20(25-11-24-18)29-15-5-1-3-12-4-2-10-23-17(12)15/h1-11H,22H2,(H,27,28)(H,24,25,26). The maximum absolute atomic E-state index is 13.0. The van der Waals surface area contributed by atoms with Crippen molar-refractivity contribution in [1.82, 2.24) is 20.4 Å². The molecule has 1 amide bonds. The predicted octanol–water partition coefficient (Wildman–Crippen LogP) is 3.65. The first kappa shape index (κ1) is 18.6. The van der Waals surface area contributed by atoms with Gasteiger partial charge in [0.2, 0.25) is 0 Å². The summed E-state index contributed by atoms with van der Waals surface area (Å²) >= 11 is 1.36. The van der Waals surface area contributed by atoms with Gasteiger partial charge in [0.25, 0.3) is 5.91 Å². The number of nitrogens with zero attached hydrogens (tertiary/aromatic N) is 3. The predicted molar refractivity (Wildman–Crippen MR) is 110 cm³/mol. The second kappa shape index (κ2) is 8.11. The van der Waals surface area contributed by atoms with Crippen LogP contribution in [0.1, 0.15) is 10.4 Å². The van der Waals surface area contributed by atoms with Crippen LogP contribution in [0.25, 0.3) is 10.9 Å². The van der Waals surface area contributed by atoms with E-state index in [1.807, 2.05) is 30.3 Å². The zero-order valence-electron chi connectivity index (χ0n) is 15.0. The number of hydrogen-bond donors (Lipinski definition) is 3. The van der Waals surface area contributed by atoms with Gasteiger partial charge >= 0.3 is 0 Å². The molecule has 29 heavy (non-hydrogen) atoms. The molecule has 2 aromatic carbocycles. The van der Waals surface area contributed by atoms with E-state index < -0.39 is 11.7 Å². The quantitative estimate of drug-likeness (QED) is 0.343. The first-order chi connectivity index (χ1) is 14.1. The number of nitrogens with two attached hydrogens (primary N) is 1. The number of amides is 1. The molecule has 144 valence electrons. The highest BCUT2D eigenvalue weighted by molar-refractivity contribution is 7.99. The van der Waals surface area contributed by atoms with Gasteiger partial charge in [-0.3, -0.25) is 20.6 Å². The van der Waals surface area contributed by atoms with Gasteiger partial charge in [0.05, 0.1) is 5.52 Å². The van der Waals surface area contributed by atoms with Crippen molar-refractivity contribution < 1.29 is 9.18 Å². The molecule has 0 saturated heterocycles. The second-order valence-electron chi connectivity index (χ2n) is 5.96. The smallest absolute Gasteiger partial charge is 0.269 e. The van der Waals surface area contributed by atoms with Gasteiger partial charge in [-0.05, 0) is 36.4 Å². The number of halogens is 1. The van der Waals surface area contributed by atoms with Crippen molar-refractivity contribution in [3.63, 3.8) is 0 Å². The van der Waals surface area contributed by atoms with Crippen LogP contribution in [-0.4, -0.2) is 20.9 Å². The van der Waals surface area contributed by atoms with Crippen LogP contribution in [0.4, 0.5) is 15.9 Å². The molecule has 0 unspecified atom stereocenters. The van der Waals surface area contributed by atoms with Crippen LogP contribution in [0, 0.1) is 5.82 Å². The fourth-order valence-corrected chi connectivity index (χ4v) is 3.54. The lowest BCUT2D eigenvalue weighted by Gasteiger charge is -2.12. The van der Waals surface area contributed by atoms with Crippen LogP contribution in [0.5, 0.6) is 0 Å². The number of nitrogens with one attached hydrogen (secondary N) is 2. The lowest BCUT2D eigenvalue weighted by Crippen LogP contribution is -2.30. The third kappa shape index (κ3) is 4.09. The highest BCUT2D eigenvalue weighted by Crippen LogP contribution is 2.35. The van der Waals surface area contributed by atoms with Gasteiger partial charge in [0, 0.05) is 22.0 Å². The number of aromatic nitrogens is 3. The summed E-state index contributed by atoms with van der Waals surface area (Å²) in [5, 5.41) is 1.53. The molecule has 0 saturated carbocycles. The summed E-state index contributed by atoms with van der Waals surface area (Å²) in [5.41, 5.74) is 12.8. The van der Waals surface area contributed by atoms with Gasteiger partial charge in [-0.1, -0.05) is 30.0 Å². The third-order valence-corrected chi connectivity index (χ3v) is 5.12. The minimum atomic E-state index is -0.449. The van der Waals surface area contributed by atoms with E-state index in [2.05, 4.69) is 25.8 Å². The van der Waals surface area contributed by atoms with Crippen molar-refractivity contribution in [3.05, 3.63) is 78.5 Å². The number of pyridine rings is 1. The van der Waals surface area contributed by atoms with Crippen molar-refractivity contribution in [2.24, 2.45) is 0 Å². The minimum Gasteiger partial charge on any atom is -0.393 e. The van der Waals surface area contributed by atoms with Crippen LogP contribution in [-0.2, 0) is 0 Å². The van der Waals surface area contributed by atoms with Crippen molar-refractivity contribution in [2.45, 2.75) is 9.92 Å². The van der Waals surface area contributed by atoms with E-state index in [0.717, 1.165) is 15.8 Å². The fraction of sp³-hybridized carbons (Fsp3) is 0. The summed E-state index contributed by atoms with van der Waals surface area (Å²) < 4.78 is 13.0. The van der Waals surface area contributed by atoms with Crippen molar-refractivity contribution in [3.8, 4) is 0 Å². The van der Waals surface area contributed by atoms with Crippen LogP contribution < -0.4 is 16.6 Å². The van der Waals surface area contributed by atoms with Gasteiger partial charge in [-0.2, -0.15) is 0 Å². The summed E-state index contributed by atoms with van der Waals surface area (Å²) in [6.45, 7) is 0. The zero-order valence-corrected chi connectivity index (χ0v) is 15.8. The van der Waals surface area contributed by atoms with Crippen LogP contribution >= 0.6 is 11.8 Å². The van der Waals surface area contributed by atoms with Crippen LogP contribution in [0.3, 0.4) is 0 Å². The van der Waals surface area contributed by atoms with Crippen LogP contribution in [0.15, 0.2) is 77.0 Å². The average molecular weight is 406 g/mol. The lowest BCUT2D eigenvalue weighted by molar-refractivity contribution is 0.0962. The number of hydrogen-bond acceptors (Lipinski definition) is 7. The van der Waals surface area contributed by atoms with Gasteiger partial charge < -0.3 is 5.73 Å². The average Bonchev–Trinajstić information content (AvgIpc) is 2.75. The Labute approximate surface area is 169 Å². The highest BCUT2D eigenvalue weighted by atomic mass is 32.2. The Morgan fingerprint density at radius 2 is 1.79 bits per heavy atom. The third-order valence-electron chi connectivity index (χ3n) is 4.05. The Kier molecular flexibility index (Phi) is 5.21. The summed E-state index contributed by atoms with van der Waals surface area (Å²) in [6, 6.07) is 14.9. The number of hydrazine groups is 1. The number of benzene rings is 2. The van der Waals surface area contributed by atoms with E-state index in [0.29, 0.717) is 10.6 Å². The van der Waals surface area contributed by atoms with Gasteiger partial charge in [0.15, 0.2) is 5.82 Å².